The Bertz CT molecular complexity index is 513. The molecule has 7 nitrogen and oxygen atoms in total. The Kier molecular flexibility index (Phi) is 12.2. The van der Waals surface area contributed by atoms with Crippen LogP contribution in [-0.2, 0) is 20.9 Å². The number of halogens is 2. The number of aromatic nitrogens is 1. The molecule has 25 heavy (non-hydrogen) atoms. The van der Waals surface area contributed by atoms with Crippen LogP contribution in [0.4, 0.5) is 0 Å². The first-order valence-electron chi connectivity index (χ1n) is 7.87. The molecular weight excluding hydrogens is 367 g/mol. The van der Waals surface area contributed by atoms with Crippen molar-refractivity contribution in [3.8, 4) is 0 Å². The minimum absolute atomic E-state index is 0. The Morgan fingerprint density at radius 1 is 1.36 bits per heavy atom. The van der Waals surface area contributed by atoms with E-state index in [1.807, 2.05) is 12.1 Å². The van der Waals surface area contributed by atoms with E-state index in [0.717, 1.165) is 25.0 Å². The summed E-state index contributed by atoms with van der Waals surface area (Å²) in [6, 6.07) is 3.74. The van der Waals surface area contributed by atoms with Crippen molar-refractivity contribution >= 4 is 36.6 Å². The lowest BCUT2D eigenvalue weighted by molar-refractivity contribution is -0.132. The molecule has 1 aliphatic rings. The van der Waals surface area contributed by atoms with Crippen LogP contribution in [0.1, 0.15) is 18.4 Å². The first-order chi connectivity index (χ1) is 11.1. The number of hydrogen-bond donors (Lipinski definition) is 2. The summed E-state index contributed by atoms with van der Waals surface area (Å²) in [6.45, 7) is 2.13. The Hall–Kier alpha value is -1.41. The average Bonchev–Trinajstić information content (AvgIpc) is 3.07. The second-order valence-electron chi connectivity index (χ2n) is 5.65. The van der Waals surface area contributed by atoms with Crippen molar-refractivity contribution in [2.45, 2.75) is 25.5 Å². The van der Waals surface area contributed by atoms with Crippen LogP contribution in [0.25, 0.3) is 0 Å². The largest absolute Gasteiger partial charge is 0.377 e. The van der Waals surface area contributed by atoms with Crippen molar-refractivity contribution in [1.82, 2.24) is 20.5 Å². The molecule has 2 amide bonds. The summed E-state index contributed by atoms with van der Waals surface area (Å²) in [5, 5.41) is 5.68. The molecule has 0 bridgehead atoms. The minimum Gasteiger partial charge on any atom is -0.377 e. The van der Waals surface area contributed by atoms with E-state index >= 15 is 0 Å². The average molecular weight is 393 g/mol. The van der Waals surface area contributed by atoms with E-state index in [2.05, 4.69) is 15.6 Å². The van der Waals surface area contributed by atoms with E-state index in [1.54, 1.807) is 24.3 Å². The molecule has 142 valence electrons. The molecule has 2 rings (SSSR count). The standard InChI is InChI=1S/C16H24N4O3.2ClH/c1-20(12-13-4-2-6-17-8-13)16(22)11-19-15(21)10-18-9-14-5-3-7-23-14;;/h2,4,6,8,14,18H,3,5,7,9-12H2,1H3,(H,19,21);2*1H. The molecule has 0 aromatic carbocycles. The topological polar surface area (TPSA) is 83.6 Å². The molecular formula is C16H26Cl2N4O3. The maximum absolute atomic E-state index is 12.0. The van der Waals surface area contributed by atoms with E-state index in [-0.39, 0.29) is 55.8 Å². The Morgan fingerprint density at radius 2 is 2.16 bits per heavy atom. The lowest BCUT2D eigenvalue weighted by Gasteiger charge is -2.17. The molecule has 9 heteroatoms. The van der Waals surface area contributed by atoms with Crippen molar-refractivity contribution < 1.29 is 14.3 Å². The van der Waals surface area contributed by atoms with Gasteiger partial charge >= 0.3 is 0 Å². The Morgan fingerprint density at radius 3 is 2.80 bits per heavy atom. The maximum atomic E-state index is 12.0. The summed E-state index contributed by atoms with van der Waals surface area (Å²) in [5.74, 6) is -0.326. The summed E-state index contributed by atoms with van der Waals surface area (Å²) in [5.41, 5.74) is 0.952. The monoisotopic (exact) mass is 392 g/mol. The van der Waals surface area contributed by atoms with Gasteiger partial charge in [-0.2, -0.15) is 0 Å². The van der Waals surface area contributed by atoms with E-state index in [4.69, 9.17) is 4.74 Å². The number of hydrogen-bond acceptors (Lipinski definition) is 5. The first kappa shape index (κ1) is 23.6. The smallest absolute Gasteiger partial charge is 0.242 e. The van der Waals surface area contributed by atoms with E-state index < -0.39 is 0 Å². The molecule has 0 saturated carbocycles. The number of rotatable bonds is 8. The van der Waals surface area contributed by atoms with E-state index in [0.29, 0.717) is 13.1 Å². The van der Waals surface area contributed by atoms with Gasteiger partial charge in [0.1, 0.15) is 0 Å². The first-order valence-corrected chi connectivity index (χ1v) is 7.87. The highest BCUT2D eigenvalue weighted by atomic mass is 35.5. The van der Waals surface area contributed by atoms with Crippen LogP contribution in [0, 0.1) is 0 Å². The second-order valence-corrected chi connectivity index (χ2v) is 5.65. The predicted octanol–water partition coefficient (Wildman–Crippen LogP) is 0.768. The predicted molar refractivity (Wildman–Crippen MR) is 100 cm³/mol. The second kappa shape index (κ2) is 12.9. The van der Waals surface area contributed by atoms with Gasteiger partial charge in [0.15, 0.2) is 0 Å². The fraction of sp³-hybridized carbons (Fsp3) is 0.562. The van der Waals surface area contributed by atoms with Crippen LogP contribution in [-0.4, -0.2) is 61.1 Å². The highest BCUT2D eigenvalue weighted by molar-refractivity contribution is 5.86. The van der Waals surface area contributed by atoms with Gasteiger partial charge in [-0.25, -0.2) is 0 Å². The zero-order chi connectivity index (χ0) is 16.5. The van der Waals surface area contributed by atoms with Gasteiger partial charge in [0.05, 0.1) is 19.2 Å². The van der Waals surface area contributed by atoms with Gasteiger partial charge in [-0.3, -0.25) is 14.6 Å². The maximum Gasteiger partial charge on any atom is 0.242 e. The van der Waals surface area contributed by atoms with Gasteiger partial charge < -0.3 is 20.3 Å². The molecule has 2 N–H and O–H groups in total. The number of carbonyl (C=O) groups is 2. The van der Waals surface area contributed by atoms with Crippen molar-refractivity contribution in [1.29, 1.82) is 0 Å². The zero-order valence-electron chi connectivity index (χ0n) is 14.3. The summed E-state index contributed by atoms with van der Waals surface area (Å²) in [6.07, 6.45) is 5.73. The molecule has 0 radical (unpaired) electrons. The van der Waals surface area contributed by atoms with Crippen LogP contribution >= 0.6 is 24.8 Å². The fourth-order valence-electron chi connectivity index (χ4n) is 2.38. The molecule has 2 heterocycles. The van der Waals surface area contributed by atoms with Crippen LogP contribution in [0.3, 0.4) is 0 Å². The minimum atomic E-state index is -0.189. The van der Waals surface area contributed by atoms with Crippen molar-refractivity contribution in [2.24, 2.45) is 0 Å². The quantitative estimate of drug-likeness (QED) is 0.682. The number of pyridine rings is 1. The molecule has 0 spiro atoms. The van der Waals surface area contributed by atoms with E-state index in [1.165, 1.54) is 0 Å². The van der Waals surface area contributed by atoms with Gasteiger partial charge in [0.2, 0.25) is 11.8 Å². The molecule has 1 unspecified atom stereocenters. The molecule has 1 atom stereocenters. The van der Waals surface area contributed by atoms with E-state index in [9.17, 15) is 9.59 Å². The molecule has 1 fully saturated rings. The third-order valence-electron chi connectivity index (χ3n) is 3.69. The molecule has 1 saturated heterocycles. The number of nitrogens with zero attached hydrogens (tertiary/aromatic N) is 2. The molecule has 0 aliphatic carbocycles. The number of amides is 2. The summed E-state index contributed by atoms with van der Waals surface area (Å²) in [4.78, 5) is 29.3. The third-order valence-corrected chi connectivity index (χ3v) is 3.69. The molecule has 1 aromatic rings. The van der Waals surface area contributed by atoms with Gasteiger partial charge in [0.25, 0.3) is 0 Å². The Balaban J connectivity index is 0.00000288. The SMILES string of the molecule is CN(Cc1cccnc1)C(=O)CNC(=O)CNCC1CCCO1.Cl.Cl. The van der Waals surface area contributed by atoms with Crippen molar-refractivity contribution in [3.63, 3.8) is 0 Å². The summed E-state index contributed by atoms with van der Waals surface area (Å²) >= 11 is 0. The van der Waals surface area contributed by atoms with Gasteiger partial charge in [-0.15, -0.1) is 24.8 Å². The third kappa shape index (κ3) is 9.02. The lowest BCUT2D eigenvalue weighted by atomic mass is 10.2. The number of carbonyl (C=O) groups excluding carboxylic acids is 2. The van der Waals surface area contributed by atoms with Crippen LogP contribution < -0.4 is 10.6 Å². The van der Waals surface area contributed by atoms with Gasteiger partial charge in [-0.05, 0) is 24.5 Å². The number of likely N-dealkylation sites (N-methyl/N-ethyl adjacent to an activating group) is 1. The van der Waals surface area contributed by atoms with Crippen molar-refractivity contribution in [3.05, 3.63) is 30.1 Å². The van der Waals surface area contributed by atoms with Crippen LogP contribution in [0.15, 0.2) is 24.5 Å². The van der Waals surface area contributed by atoms with Crippen LogP contribution in [0.2, 0.25) is 0 Å². The summed E-state index contributed by atoms with van der Waals surface area (Å²) in [7, 11) is 1.71. The highest BCUT2D eigenvalue weighted by Gasteiger charge is 2.15. The van der Waals surface area contributed by atoms with Crippen LogP contribution in [0.5, 0.6) is 0 Å². The summed E-state index contributed by atoms with van der Waals surface area (Å²) < 4.78 is 5.46. The molecule has 1 aliphatic heterocycles. The Labute approximate surface area is 160 Å². The number of nitrogens with one attached hydrogen (secondary N) is 2. The van der Waals surface area contributed by atoms with Gasteiger partial charge in [0, 0.05) is 39.1 Å². The van der Waals surface area contributed by atoms with Crippen molar-refractivity contribution in [2.75, 3.05) is 33.3 Å². The van der Waals surface area contributed by atoms with Gasteiger partial charge in [-0.1, -0.05) is 6.07 Å². The number of ether oxygens (including phenoxy) is 1. The fourth-order valence-corrected chi connectivity index (χ4v) is 2.38. The highest BCUT2D eigenvalue weighted by Crippen LogP contribution is 2.10. The normalized spacial score (nSPS) is 15.6. The lowest BCUT2D eigenvalue weighted by Crippen LogP contribution is -2.42. The molecule has 1 aromatic heterocycles. The zero-order valence-corrected chi connectivity index (χ0v) is 15.9.